The zero-order chi connectivity index (χ0) is 74.6. The number of rotatable bonds is 20. The number of fused-ring (bicyclic) bond motifs is 1. The van der Waals surface area contributed by atoms with Gasteiger partial charge in [-0.3, -0.25) is 4.98 Å². The predicted octanol–water partition coefficient (Wildman–Crippen LogP) is 19.3. The molecule has 0 aliphatic heterocycles. The van der Waals surface area contributed by atoms with Crippen molar-refractivity contribution < 1.29 is 42.1 Å². The number of para-hydroxylation sites is 1. The smallest absolute Gasteiger partial charge is 0.182 e. The Labute approximate surface area is 590 Å². The monoisotopic (exact) mass is 1450 g/mol. The number of hydrogen-bond acceptors (Lipinski definition) is 17. The SMILES string of the molecule is CC(C)S(=O)(=O)c1ccc(NC2CC2)nc1.CC(C)S(=O)(=O)c1ccc(NC2CCCC2)nc1.CC(C)S(=O)(=O)c1cccc2cccnc12.CCC.CCC.CCC.CCC.CCC.CCCCc1ccc(S(=O)(=O)C(C)C)cc1.CCCNc1ccc(S(=O)(=O)C(C)C)cn1. The quantitative estimate of drug-likeness (QED) is 0.0642. The number of unbranched alkanes of at least 4 members (excludes halogenated alkanes) is 1. The average Bonchev–Trinajstić information content (AvgIpc) is 1.26. The first-order chi connectivity index (χ1) is 45.6. The Balaban J connectivity index is 0. The molecule has 2 aliphatic carbocycles. The van der Waals surface area contributed by atoms with Crippen LogP contribution in [0.2, 0.25) is 0 Å². The van der Waals surface area contributed by atoms with Gasteiger partial charge in [0.25, 0.3) is 0 Å². The van der Waals surface area contributed by atoms with Crippen molar-refractivity contribution in [2.45, 2.75) is 311 Å². The Morgan fingerprint density at radius 2 is 0.722 bits per heavy atom. The van der Waals surface area contributed by atoms with Gasteiger partial charge in [-0.25, -0.2) is 57.0 Å². The molecular weight excluding hydrogens is 1320 g/mol. The number of benzene rings is 2. The molecule has 2 saturated carbocycles. The number of anilines is 3. The van der Waals surface area contributed by atoms with Gasteiger partial charge in [-0.15, -0.1) is 0 Å². The highest BCUT2D eigenvalue weighted by Gasteiger charge is 2.25. The van der Waals surface area contributed by atoms with Gasteiger partial charge >= 0.3 is 0 Å². The molecule has 0 bridgehead atoms. The van der Waals surface area contributed by atoms with Gasteiger partial charge in [-0.2, -0.15) is 0 Å². The van der Waals surface area contributed by atoms with E-state index in [1.54, 1.807) is 142 Å². The minimum Gasteiger partial charge on any atom is -0.370 e. The van der Waals surface area contributed by atoms with E-state index >= 15 is 0 Å². The molecule has 0 atom stereocenters. The van der Waals surface area contributed by atoms with Crippen molar-refractivity contribution in [1.29, 1.82) is 0 Å². The van der Waals surface area contributed by atoms with Crippen LogP contribution in [0.5, 0.6) is 0 Å². The molecule has 4 heterocycles. The lowest BCUT2D eigenvalue weighted by atomic mass is 10.1. The maximum atomic E-state index is 12.1. The molecule has 8 rings (SSSR count). The second kappa shape index (κ2) is 49.9. The largest absolute Gasteiger partial charge is 0.370 e. The van der Waals surface area contributed by atoms with Crippen LogP contribution in [0, 0.1) is 0 Å². The lowest BCUT2D eigenvalue weighted by molar-refractivity contribution is 0.585. The Morgan fingerprint density at radius 3 is 1.05 bits per heavy atom. The van der Waals surface area contributed by atoms with Crippen molar-refractivity contribution in [2.75, 3.05) is 22.5 Å². The number of aromatic nitrogens is 4. The van der Waals surface area contributed by atoms with Gasteiger partial charge in [-0.1, -0.05) is 165 Å². The van der Waals surface area contributed by atoms with Crippen molar-refractivity contribution in [1.82, 2.24) is 19.9 Å². The molecule has 17 nitrogen and oxygen atoms in total. The summed E-state index contributed by atoms with van der Waals surface area (Å²) in [6.45, 7) is 43.1. The first-order valence-corrected chi connectivity index (χ1v) is 43.1. The second-order valence-electron chi connectivity index (χ2n) is 25.2. The lowest BCUT2D eigenvalue weighted by Crippen LogP contribution is -2.17. The Kier molecular flexibility index (Phi) is 48.1. The number of nitrogens with one attached hydrogen (secondary N) is 3. The molecule has 97 heavy (non-hydrogen) atoms. The van der Waals surface area contributed by atoms with Gasteiger partial charge in [0, 0.05) is 48.8 Å². The maximum absolute atomic E-state index is 12.1. The summed E-state index contributed by atoms with van der Waals surface area (Å²) in [5.74, 6) is 2.24. The molecule has 0 unspecified atom stereocenters. The predicted molar refractivity (Wildman–Crippen MR) is 412 cm³/mol. The van der Waals surface area contributed by atoms with Crippen LogP contribution < -0.4 is 16.0 Å². The molecule has 552 valence electrons. The van der Waals surface area contributed by atoms with Crippen LogP contribution in [0.4, 0.5) is 17.5 Å². The molecule has 6 aromatic rings. The fourth-order valence-electron chi connectivity index (χ4n) is 7.77. The number of pyridine rings is 4. The highest BCUT2D eigenvalue weighted by molar-refractivity contribution is 7.93. The van der Waals surface area contributed by atoms with E-state index in [1.165, 1.54) is 94.8 Å². The van der Waals surface area contributed by atoms with Crippen molar-refractivity contribution in [3.8, 4) is 0 Å². The summed E-state index contributed by atoms with van der Waals surface area (Å²) in [6, 6.07) is 27.2. The fraction of sp³-hybridized carbons (Fsp3) is 0.600. The maximum Gasteiger partial charge on any atom is 0.182 e. The van der Waals surface area contributed by atoms with E-state index in [1.807, 2.05) is 24.3 Å². The molecule has 0 amide bonds. The highest BCUT2D eigenvalue weighted by Crippen LogP contribution is 2.27. The van der Waals surface area contributed by atoms with Crippen molar-refractivity contribution >= 4 is 77.5 Å². The van der Waals surface area contributed by atoms with Crippen molar-refractivity contribution in [3.05, 3.63) is 121 Å². The summed E-state index contributed by atoms with van der Waals surface area (Å²) in [5, 5.41) is 8.50. The minimum atomic E-state index is -3.27. The van der Waals surface area contributed by atoms with Crippen LogP contribution in [0.25, 0.3) is 10.9 Å². The van der Waals surface area contributed by atoms with E-state index < -0.39 is 70.2 Å². The van der Waals surface area contributed by atoms with E-state index in [4.69, 9.17) is 0 Å². The fourth-order valence-corrected chi connectivity index (χ4v) is 13.0. The van der Waals surface area contributed by atoms with Gasteiger partial charge in [0.1, 0.15) is 17.5 Å². The first-order valence-electron chi connectivity index (χ1n) is 35.3. The summed E-state index contributed by atoms with van der Waals surface area (Å²) in [4.78, 5) is 18.2. The molecular formula is C75H127N7O10S5. The zero-order valence-corrected chi connectivity index (χ0v) is 67.3. The standard InChI is InChI=1S/C13H20N2O2S.C13H20O2S.C12H13NO2S.C11H16N2O2S.C11H18N2O2S.5C3H8/c1-10(2)18(16,17)12-7-8-13(14-9-12)15-11-5-3-4-6-11;1-4-5-6-12-7-9-13(10-8-12)16(14,15)11(2)3;1-9(2)16(14,15)11-7-3-5-10-6-4-8-13-12(10)11;1-8(2)16(14,15)10-5-6-11(12-7-10)13-9-3-4-9;1-4-7-12-11-6-5-10(8-13-11)16(14,15)9(2)3;5*1-3-2/h7-11H,3-6H2,1-2H3,(H,14,15);7-11H,4-6H2,1-3H3;3-9H,1-2H3;5-9H,3-4H2,1-2H3,(H,12,13);5-6,8-9H,4,7H2,1-3H3,(H,12,13);5*3H2,1-2H3. The van der Waals surface area contributed by atoms with Gasteiger partial charge in [-0.05, 0) is 180 Å². The van der Waals surface area contributed by atoms with Gasteiger partial charge in [0.05, 0.1) is 56.2 Å². The molecule has 2 aromatic carbocycles. The van der Waals surface area contributed by atoms with Gasteiger partial charge in [0.2, 0.25) is 0 Å². The second-order valence-corrected chi connectivity index (χ2v) is 37.7. The molecule has 0 saturated heterocycles. The van der Waals surface area contributed by atoms with Crippen molar-refractivity contribution in [2.24, 2.45) is 0 Å². The third-order valence-electron chi connectivity index (χ3n) is 13.5. The topological polar surface area (TPSA) is 258 Å². The third kappa shape index (κ3) is 35.4. The van der Waals surface area contributed by atoms with E-state index in [-0.39, 0.29) is 10.1 Å². The molecule has 2 fully saturated rings. The number of aryl methyl sites for hydroxylation is 1. The van der Waals surface area contributed by atoms with E-state index in [2.05, 4.69) is 119 Å². The van der Waals surface area contributed by atoms with Crippen LogP contribution in [0.1, 0.15) is 248 Å². The van der Waals surface area contributed by atoms with Gasteiger partial charge < -0.3 is 16.0 Å². The Hall–Kier alpha value is -5.55. The summed E-state index contributed by atoms with van der Waals surface area (Å²) >= 11 is 0. The van der Waals surface area contributed by atoms with Crippen LogP contribution in [0.3, 0.4) is 0 Å². The third-order valence-corrected chi connectivity index (χ3v) is 24.2. The van der Waals surface area contributed by atoms with E-state index in [9.17, 15) is 42.1 Å². The summed E-state index contributed by atoms with van der Waals surface area (Å²) < 4.78 is 119. The van der Waals surface area contributed by atoms with Crippen LogP contribution >= 0.6 is 0 Å². The summed E-state index contributed by atoms with van der Waals surface area (Å²) in [6.07, 6.45) is 23.7. The van der Waals surface area contributed by atoms with E-state index in [0.29, 0.717) is 43.0 Å². The molecule has 0 radical (unpaired) electrons. The molecule has 0 spiro atoms. The molecule has 22 heteroatoms. The molecule has 2 aliphatic rings. The highest BCUT2D eigenvalue weighted by atomic mass is 32.2. The number of sulfone groups is 5. The van der Waals surface area contributed by atoms with Crippen LogP contribution in [-0.2, 0) is 55.6 Å². The van der Waals surface area contributed by atoms with E-state index in [0.717, 1.165) is 49.2 Å². The molecule has 4 aromatic heterocycles. The first kappa shape index (κ1) is 93.5. The molecule has 3 N–H and O–H groups in total. The van der Waals surface area contributed by atoms with Crippen molar-refractivity contribution in [3.63, 3.8) is 0 Å². The Morgan fingerprint density at radius 1 is 0.381 bits per heavy atom. The minimum absolute atomic E-state index is 0.282. The zero-order valence-electron chi connectivity index (χ0n) is 63.2. The Bertz CT molecular complexity index is 3500. The van der Waals surface area contributed by atoms with Crippen LogP contribution in [0.15, 0.2) is 140 Å². The van der Waals surface area contributed by atoms with Gasteiger partial charge in [0.15, 0.2) is 49.2 Å². The summed E-state index contributed by atoms with van der Waals surface area (Å²) in [5.41, 5.74) is 1.77. The average molecular weight is 1450 g/mol. The van der Waals surface area contributed by atoms with Crippen LogP contribution in [-0.4, -0.2) is 107 Å². The number of nitrogens with zero attached hydrogens (tertiary/aromatic N) is 4. The number of hydrogen-bond donors (Lipinski definition) is 3. The summed E-state index contributed by atoms with van der Waals surface area (Å²) in [7, 11) is -16.0. The lowest BCUT2D eigenvalue weighted by Gasteiger charge is -2.13. The normalized spacial score (nSPS) is 12.8.